The molecule has 2 aliphatic rings. The van der Waals surface area contributed by atoms with E-state index < -0.39 is 0 Å². The van der Waals surface area contributed by atoms with Gasteiger partial charge in [0.2, 0.25) is 0 Å². The summed E-state index contributed by atoms with van der Waals surface area (Å²) in [6.07, 6.45) is 7.61. The van der Waals surface area contributed by atoms with Gasteiger partial charge in [-0.3, -0.25) is 0 Å². The van der Waals surface area contributed by atoms with Gasteiger partial charge >= 0.3 is 0 Å². The fourth-order valence-corrected chi connectivity index (χ4v) is 2.54. The van der Waals surface area contributed by atoms with Crippen LogP contribution >= 0.6 is 0 Å². The summed E-state index contributed by atoms with van der Waals surface area (Å²) in [5.41, 5.74) is 1.07. The maximum atomic E-state index is 8.69. The zero-order valence-electron chi connectivity index (χ0n) is 6.79. The van der Waals surface area contributed by atoms with Crippen molar-refractivity contribution >= 4 is 5.71 Å². The number of fused-ring (bicyclic) bond motifs is 2. The SMILES string of the molecule is O/N=C1/CC[C@H]2CCC[C@H]1C2. The minimum absolute atomic E-state index is 0.632. The number of oxime groups is 1. The van der Waals surface area contributed by atoms with Crippen LogP contribution in [0.3, 0.4) is 0 Å². The Morgan fingerprint density at radius 2 is 2.18 bits per heavy atom. The summed E-state index contributed by atoms with van der Waals surface area (Å²) < 4.78 is 0. The minimum Gasteiger partial charge on any atom is -0.411 e. The van der Waals surface area contributed by atoms with Gasteiger partial charge in [0, 0.05) is 5.92 Å². The third-order valence-corrected chi connectivity index (χ3v) is 3.19. The summed E-state index contributed by atoms with van der Waals surface area (Å²) >= 11 is 0. The number of rotatable bonds is 0. The zero-order valence-corrected chi connectivity index (χ0v) is 6.79. The molecule has 0 aromatic carbocycles. The van der Waals surface area contributed by atoms with E-state index in [9.17, 15) is 0 Å². The van der Waals surface area contributed by atoms with Gasteiger partial charge in [0.25, 0.3) is 0 Å². The van der Waals surface area contributed by atoms with Crippen LogP contribution in [-0.4, -0.2) is 10.9 Å². The smallest absolute Gasteiger partial charge is 0.0601 e. The summed E-state index contributed by atoms with van der Waals surface area (Å²) in [6.45, 7) is 0. The van der Waals surface area contributed by atoms with Gasteiger partial charge in [-0.05, 0) is 31.6 Å². The van der Waals surface area contributed by atoms with Crippen LogP contribution < -0.4 is 0 Å². The second kappa shape index (κ2) is 2.84. The molecule has 2 saturated carbocycles. The molecule has 2 bridgehead atoms. The van der Waals surface area contributed by atoms with Crippen LogP contribution in [0.4, 0.5) is 0 Å². The zero-order chi connectivity index (χ0) is 7.68. The molecule has 2 aliphatic carbocycles. The molecular formula is C9H15NO. The van der Waals surface area contributed by atoms with Crippen molar-refractivity contribution in [1.82, 2.24) is 0 Å². The van der Waals surface area contributed by atoms with Crippen LogP contribution in [-0.2, 0) is 0 Å². The third-order valence-electron chi connectivity index (χ3n) is 3.19. The molecule has 0 aliphatic heterocycles. The van der Waals surface area contributed by atoms with Crippen molar-refractivity contribution in [2.45, 2.75) is 38.5 Å². The maximum Gasteiger partial charge on any atom is 0.0601 e. The lowest BCUT2D eigenvalue weighted by atomic mass is 9.71. The summed E-state index contributed by atoms with van der Waals surface area (Å²) in [4.78, 5) is 0. The van der Waals surface area contributed by atoms with E-state index in [2.05, 4.69) is 5.16 Å². The molecule has 0 saturated heterocycles. The number of hydrogen-bond donors (Lipinski definition) is 1. The molecule has 0 aromatic heterocycles. The predicted molar refractivity (Wildman–Crippen MR) is 43.9 cm³/mol. The topological polar surface area (TPSA) is 32.6 Å². The molecule has 2 fully saturated rings. The average molecular weight is 153 g/mol. The average Bonchev–Trinajstić information content (AvgIpc) is 2.06. The Kier molecular flexibility index (Phi) is 1.84. The Hall–Kier alpha value is -0.530. The van der Waals surface area contributed by atoms with Crippen molar-refractivity contribution in [2.24, 2.45) is 17.0 Å². The Bertz CT molecular complexity index is 176. The van der Waals surface area contributed by atoms with Gasteiger partial charge in [0.05, 0.1) is 5.71 Å². The Morgan fingerprint density at radius 3 is 3.00 bits per heavy atom. The van der Waals surface area contributed by atoms with Gasteiger partial charge in [0.15, 0.2) is 0 Å². The third kappa shape index (κ3) is 1.26. The van der Waals surface area contributed by atoms with Crippen LogP contribution in [0.25, 0.3) is 0 Å². The van der Waals surface area contributed by atoms with Crippen LogP contribution in [0.5, 0.6) is 0 Å². The molecule has 0 aromatic rings. The second-order valence-corrected chi connectivity index (χ2v) is 3.86. The molecule has 2 nitrogen and oxygen atoms in total. The van der Waals surface area contributed by atoms with Crippen molar-refractivity contribution in [3.63, 3.8) is 0 Å². The fourth-order valence-electron chi connectivity index (χ4n) is 2.54. The predicted octanol–water partition coefficient (Wildman–Crippen LogP) is 2.42. The molecule has 0 radical (unpaired) electrons. The highest BCUT2D eigenvalue weighted by Gasteiger charge is 2.30. The van der Waals surface area contributed by atoms with E-state index in [0.29, 0.717) is 5.92 Å². The van der Waals surface area contributed by atoms with Crippen LogP contribution in [0.15, 0.2) is 5.16 Å². The first-order valence-electron chi connectivity index (χ1n) is 4.61. The van der Waals surface area contributed by atoms with E-state index in [1.54, 1.807) is 0 Å². The molecule has 62 valence electrons. The first-order valence-corrected chi connectivity index (χ1v) is 4.61. The molecule has 0 amide bonds. The molecule has 0 heterocycles. The van der Waals surface area contributed by atoms with Gasteiger partial charge in [0.1, 0.15) is 0 Å². The molecule has 0 unspecified atom stereocenters. The van der Waals surface area contributed by atoms with E-state index in [-0.39, 0.29) is 0 Å². The quantitative estimate of drug-likeness (QED) is 0.420. The molecule has 11 heavy (non-hydrogen) atoms. The van der Waals surface area contributed by atoms with Crippen molar-refractivity contribution in [3.8, 4) is 0 Å². The van der Waals surface area contributed by atoms with Gasteiger partial charge in [-0.1, -0.05) is 18.0 Å². The van der Waals surface area contributed by atoms with Gasteiger partial charge in [-0.15, -0.1) is 0 Å². The van der Waals surface area contributed by atoms with Gasteiger partial charge in [-0.2, -0.15) is 0 Å². The summed E-state index contributed by atoms with van der Waals surface area (Å²) in [6, 6.07) is 0. The molecule has 1 N–H and O–H groups in total. The van der Waals surface area contributed by atoms with Crippen molar-refractivity contribution in [3.05, 3.63) is 0 Å². The number of hydrogen-bond acceptors (Lipinski definition) is 2. The first kappa shape index (κ1) is 7.14. The lowest BCUT2D eigenvalue weighted by Gasteiger charge is -2.34. The van der Waals surface area contributed by atoms with E-state index in [1.807, 2.05) is 0 Å². The minimum atomic E-state index is 0.632. The fraction of sp³-hybridized carbons (Fsp3) is 0.889. The lowest BCUT2D eigenvalue weighted by Crippen LogP contribution is -2.28. The lowest BCUT2D eigenvalue weighted by molar-refractivity contribution is 0.257. The van der Waals surface area contributed by atoms with E-state index in [1.165, 1.54) is 32.1 Å². The monoisotopic (exact) mass is 153 g/mol. The van der Waals surface area contributed by atoms with Crippen LogP contribution in [0.2, 0.25) is 0 Å². The highest BCUT2D eigenvalue weighted by Crippen LogP contribution is 2.38. The highest BCUT2D eigenvalue weighted by molar-refractivity contribution is 5.87. The Balaban J connectivity index is 2.08. The molecule has 2 rings (SSSR count). The summed E-state index contributed by atoms with van der Waals surface area (Å²) in [7, 11) is 0. The summed E-state index contributed by atoms with van der Waals surface area (Å²) in [5, 5.41) is 12.1. The normalized spacial score (nSPS) is 40.9. The molecule has 2 atom stereocenters. The van der Waals surface area contributed by atoms with Crippen molar-refractivity contribution in [2.75, 3.05) is 0 Å². The first-order chi connectivity index (χ1) is 5.40. The molecule has 2 heteroatoms. The second-order valence-electron chi connectivity index (χ2n) is 3.86. The molecular weight excluding hydrogens is 138 g/mol. The molecule has 0 spiro atoms. The van der Waals surface area contributed by atoms with Crippen molar-refractivity contribution < 1.29 is 5.21 Å². The highest BCUT2D eigenvalue weighted by atomic mass is 16.4. The maximum absolute atomic E-state index is 8.69. The summed E-state index contributed by atoms with van der Waals surface area (Å²) in [5.74, 6) is 1.58. The van der Waals surface area contributed by atoms with Gasteiger partial charge < -0.3 is 5.21 Å². The largest absolute Gasteiger partial charge is 0.411 e. The van der Waals surface area contributed by atoms with E-state index >= 15 is 0 Å². The van der Waals surface area contributed by atoms with Crippen LogP contribution in [0.1, 0.15) is 38.5 Å². The van der Waals surface area contributed by atoms with Gasteiger partial charge in [-0.25, -0.2) is 0 Å². The van der Waals surface area contributed by atoms with E-state index in [4.69, 9.17) is 5.21 Å². The Morgan fingerprint density at radius 1 is 1.27 bits per heavy atom. The van der Waals surface area contributed by atoms with Crippen molar-refractivity contribution in [1.29, 1.82) is 0 Å². The standard InChI is InChI=1S/C9H15NO/c11-10-9-5-4-7-2-1-3-8(9)6-7/h7-8,11H,1-6H2/b10-9-/t7-,8+/m1/s1. The Labute approximate surface area is 67.3 Å². The van der Waals surface area contributed by atoms with E-state index in [0.717, 1.165) is 18.1 Å². The van der Waals surface area contributed by atoms with Crippen LogP contribution in [0, 0.1) is 11.8 Å². The number of nitrogens with zero attached hydrogens (tertiary/aromatic N) is 1.